The second-order valence-electron chi connectivity index (χ2n) is 4.80. The van der Waals surface area contributed by atoms with Crippen LogP contribution in [0.15, 0.2) is 18.2 Å². The van der Waals surface area contributed by atoms with Gasteiger partial charge in [0.1, 0.15) is 5.82 Å². The zero-order valence-electron chi connectivity index (χ0n) is 9.66. The molecule has 96 valence electrons. The average molecular weight is 270 g/mol. The number of nitrogens with one attached hydrogen (secondary N) is 1. The van der Waals surface area contributed by atoms with Gasteiger partial charge in [0, 0.05) is 18.6 Å². The first-order valence-corrected chi connectivity index (χ1v) is 6.40. The molecule has 1 amide bonds. The highest BCUT2D eigenvalue weighted by Crippen LogP contribution is 2.38. The van der Waals surface area contributed by atoms with E-state index in [1.807, 2.05) is 0 Å². The molecule has 1 N–H and O–H groups in total. The Balaban J connectivity index is 1.69. The van der Waals surface area contributed by atoms with Crippen LogP contribution in [0.4, 0.5) is 4.39 Å². The van der Waals surface area contributed by atoms with Gasteiger partial charge < -0.3 is 10.1 Å². The molecule has 0 bridgehead atoms. The molecule has 1 aliphatic heterocycles. The van der Waals surface area contributed by atoms with Crippen LogP contribution < -0.4 is 5.32 Å². The van der Waals surface area contributed by atoms with Gasteiger partial charge in [-0.15, -0.1) is 0 Å². The molecule has 2 fully saturated rings. The predicted octanol–water partition coefficient (Wildman–Crippen LogP) is 2.39. The Morgan fingerprint density at radius 3 is 3.11 bits per heavy atom. The standard InChI is InChI=1S/C13H13ClFNO2/c14-10-2-1-7(15)5-9(10)13(17)16-11-6-12-8(11)3-4-18-12/h1-2,5,8,11-12H,3-4,6H2,(H,16,17)/t8-,11+,12+/m1/s1. The number of halogens is 2. The van der Waals surface area contributed by atoms with E-state index >= 15 is 0 Å². The second kappa shape index (κ2) is 4.52. The highest BCUT2D eigenvalue weighted by atomic mass is 35.5. The van der Waals surface area contributed by atoms with Gasteiger partial charge in [0.05, 0.1) is 16.7 Å². The predicted molar refractivity (Wildman–Crippen MR) is 65.1 cm³/mol. The first kappa shape index (κ1) is 11.9. The summed E-state index contributed by atoms with van der Waals surface area (Å²) in [5, 5.41) is 3.17. The smallest absolute Gasteiger partial charge is 0.253 e. The van der Waals surface area contributed by atoms with Gasteiger partial charge in [-0.1, -0.05) is 11.6 Å². The molecule has 3 nitrogen and oxygen atoms in total. The Kier molecular flexibility index (Phi) is 2.99. The Labute approximate surface area is 109 Å². The Hall–Kier alpha value is -1.13. The average Bonchev–Trinajstić information content (AvgIpc) is 2.70. The molecule has 1 saturated heterocycles. The fraction of sp³-hybridized carbons (Fsp3) is 0.462. The van der Waals surface area contributed by atoms with Gasteiger partial charge in [-0.2, -0.15) is 0 Å². The summed E-state index contributed by atoms with van der Waals surface area (Å²) in [4.78, 5) is 12.0. The highest BCUT2D eigenvalue weighted by Gasteiger charge is 2.45. The molecule has 1 heterocycles. The van der Waals surface area contributed by atoms with Crippen LogP contribution in [0.5, 0.6) is 0 Å². The molecule has 1 saturated carbocycles. The zero-order chi connectivity index (χ0) is 12.7. The molecule has 18 heavy (non-hydrogen) atoms. The van der Waals surface area contributed by atoms with E-state index in [-0.39, 0.29) is 22.5 Å². The molecule has 1 aromatic carbocycles. The first-order valence-electron chi connectivity index (χ1n) is 6.02. The summed E-state index contributed by atoms with van der Waals surface area (Å²) >= 11 is 5.89. The van der Waals surface area contributed by atoms with Crippen LogP contribution in [-0.2, 0) is 4.74 Å². The van der Waals surface area contributed by atoms with Gasteiger partial charge in [-0.3, -0.25) is 4.79 Å². The van der Waals surface area contributed by atoms with Crippen LogP contribution in [0.25, 0.3) is 0 Å². The highest BCUT2D eigenvalue weighted by molar-refractivity contribution is 6.33. The van der Waals surface area contributed by atoms with Crippen molar-refractivity contribution in [2.24, 2.45) is 5.92 Å². The SMILES string of the molecule is O=C(N[C@H]1C[C@@H]2OCC[C@H]12)c1cc(F)ccc1Cl. The van der Waals surface area contributed by atoms with Crippen molar-refractivity contribution in [3.63, 3.8) is 0 Å². The van der Waals surface area contributed by atoms with Crippen molar-refractivity contribution in [3.05, 3.63) is 34.6 Å². The molecule has 3 atom stereocenters. The molecule has 2 aliphatic rings. The third-order valence-electron chi connectivity index (χ3n) is 3.75. The molecule has 0 spiro atoms. The van der Waals surface area contributed by atoms with Crippen molar-refractivity contribution in [1.82, 2.24) is 5.32 Å². The quantitative estimate of drug-likeness (QED) is 0.895. The molecule has 0 aromatic heterocycles. The molecule has 1 aliphatic carbocycles. The van der Waals surface area contributed by atoms with Crippen molar-refractivity contribution in [3.8, 4) is 0 Å². The lowest BCUT2D eigenvalue weighted by Crippen LogP contribution is -2.53. The van der Waals surface area contributed by atoms with Gasteiger partial charge in [0.25, 0.3) is 5.91 Å². The Morgan fingerprint density at radius 1 is 1.50 bits per heavy atom. The zero-order valence-corrected chi connectivity index (χ0v) is 10.4. The summed E-state index contributed by atoms with van der Waals surface area (Å²) in [5.41, 5.74) is 0.194. The largest absolute Gasteiger partial charge is 0.378 e. The van der Waals surface area contributed by atoms with Crippen molar-refractivity contribution in [2.45, 2.75) is 25.0 Å². The third-order valence-corrected chi connectivity index (χ3v) is 4.08. The van der Waals surface area contributed by atoms with Crippen LogP contribution >= 0.6 is 11.6 Å². The molecule has 5 heteroatoms. The normalized spacial score (nSPS) is 29.6. The maximum atomic E-state index is 13.1. The summed E-state index contributed by atoms with van der Waals surface area (Å²) < 4.78 is 18.6. The number of ether oxygens (including phenoxy) is 1. The van der Waals surface area contributed by atoms with E-state index in [4.69, 9.17) is 16.3 Å². The second-order valence-corrected chi connectivity index (χ2v) is 5.21. The summed E-state index contributed by atoms with van der Waals surface area (Å²) in [6, 6.07) is 3.93. The van der Waals surface area contributed by atoms with Crippen LogP contribution in [0.3, 0.4) is 0 Å². The topological polar surface area (TPSA) is 38.3 Å². The number of carbonyl (C=O) groups is 1. The number of hydrogen-bond acceptors (Lipinski definition) is 2. The number of hydrogen-bond donors (Lipinski definition) is 1. The fourth-order valence-electron chi connectivity index (χ4n) is 2.68. The van der Waals surface area contributed by atoms with Crippen molar-refractivity contribution >= 4 is 17.5 Å². The maximum Gasteiger partial charge on any atom is 0.253 e. The monoisotopic (exact) mass is 269 g/mol. The van der Waals surface area contributed by atoms with Crippen LogP contribution in [0.1, 0.15) is 23.2 Å². The molecular formula is C13H13ClFNO2. The third kappa shape index (κ3) is 1.99. The first-order chi connectivity index (χ1) is 8.65. The van der Waals surface area contributed by atoms with Gasteiger partial charge >= 0.3 is 0 Å². The number of fused-ring (bicyclic) bond motifs is 1. The summed E-state index contributed by atoms with van der Waals surface area (Å²) in [5.74, 6) is -0.364. The lowest BCUT2D eigenvalue weighted by Gasteiger charge is -2.39. The van der Waals surface area contributed by atoms with Crippen molar-refractivity contribution in [1.29, 1.82) is 0 Å². The lowest BCUT2D eigenvalue weighted by atomic mass is 9.76. The van der Waals surface area contributed by atoms with Crippen molar-refractivity contribution < 1.29 is 13.9 Å². The molecular weight excluding hydrogens is 257 g/mol. The Bertz CT molecular complexity index is 494. The number of benzene rings is 1. The van der Waals surface area contributed by atoms with E-state index in [0.29, 0.717) is 12.0 Å². The van der Waals surface area contributed by atoms with Gasteiger partial charge in [0.15, 0.2) is 0 Å². The minimum Gasteiger partial charge on any atom is -0.378 e. The van der Waals surface area contributed by atoms with Crippen LogP contribution in [0.2, 0.25) is 5.02 Å². The van der Waals surface area contributed by atoms with E-state index in [1.54, 1.807) is 0 Å². The van der Waals surface area contributed by atoms with E-state index in [0.717, 1.165) is 19.4 Å². The summed E-state index contributed by atoms with van der Waals surface area (Å²) in [6.07, 6.45) is 2.11. The summed E-state index contributed by atoms with van der Waals surface area (Å²) in [6.45, 7) is 0.766. The molecule has 0 radical (unpaired) electrons. The number of rotatable bonds is 2. The van der Waals surface area contributed by atoms with Gasteiger partial charge in [-0.05, 0) is 31.0 Å². The minimum atomic E-state index is -0.458. The van der Waals surface area contributed by atoms with E-state index in [1.165, 1.54) is 18.2 Å². The maximum absolute atomic E-state index is 13.1. The van der Waals surface area contributed by atoms with E-state index in [2.05, 4.69) is 5.32 Å². The van der Waals surface area contributed by atoms with E-state index in [9.17, 15) is 9.18 Å². The summed E-state index contributed by atoms with van der Waals surface area (Å²) in [7, 11) is 0. The minimum absolute atomic E-state index is 0.129. The van der Waals surface area contributed by atoms with Crippen LogP contribution in [-0.4, -0.2) is 24.7 Å². The molecule has 0 unspecified atom stereocenters. The van der Waals surface area contributed by atoms with Gasteiger partial charge in [0.2, 0.25) is 0 Å². The van der Waals surface area contributed by atoms with Gasteiger partial charge in [-0.25, -0.2) is 4.39 Å². The molecule has 3 rings (SSSR count). The fourth-order valence-corrected chi connectivity index (χ4v) is 2.88. The number of amides is 1. The van der Waals surface area contributed by atoms with Crippen molar-refractivity contribution in [2.75, 3.05) is 6.61 Å². The Morgan fingerprint density at radius 2 is 2.33 bits per heavy atom. The number of carbonyl (C=O) groups excluding carboxylic acids is 1. The lowest BCUT2D eigenvalue weighted by molar-refractivity contribution is 0.00809. The molecule has 1 aromatic rings. The van der Waals surface area contributed by atoms with E-state index < -0.39 is 5.82 Å². The van der Waals surface area contributed by atoms with Crippen LogP contribution in [0, 0.1) is 11.7 Å².